The number of ether oxygens (including phenoxy) is 1. The second kappa shape index (κ2) is 5.95. The summed E-state index contributed by atoms with van der Waals surface area (Å²) < 4.78 is 4.79. The van der Waals surface area contributed by atoms with E-state index in [1.165, 1.54) is 6.08 Å². The molecule has 0 heterocycles. The molecule has 1 aromatic carbocycles. The van der Waals surface area contributed by atoms with Crippen molar-refractivity contribution in [3.05, 3.63) is 35.4 Å². The number of esters is 1. The van der Waals surface area contributed by atoms with Crippen molar-refractivity contribution in [1.82, 2.24) is 0 Å². The lowest BCUT2D eigenvalue weighted by Gasteiger charge is -2.03. The van der Waals surface area contributed by atoms with Gasteiger partial charge in [-0.1, -0.05) is 13.0 Å². The summed E-state index contributed by atoms with van der Waals surface area (Å²) in [7, 11) is 0. The molecule has 0 bridgehead atoms. The van der Waals surface area contributed by atoms with Crippen LogP contribution in [0.5, 0.6) is 5.75 Å². The maximum Gasteiger partial charge on any atom is 0.330 e. The van der Waals surface area contributed by atoms with E-state index in [0.29, 0.717) is 6.61 Å². The molecule has 0 unspecified atom stereocenters. The van der Waals surface area contributed by atoms with E-state index in [0.717, 1.165) is 17.5 Å². The van der Waals surface area contributed by atoms with Crippen LogP contribution in [-0.4, -0.2) is 17.7 Å². The highest BCUT2D eigenvalue weighted by Gasteiger charge is 2.00. The number of benzene rings is 1. The van der Waals surface area contributed by atoms with Gasteiger partial charge in [-0.15, -0.1) is 0 Å². The standard InChI is InChI=1S/C13H16O3/c1-3-10-9-12(14)7-5-11(10)6-8-13(15)16-4-2/h5-9,14H,3-4H2,1-2H3/b8-6+. The van der Waals surface area contributed by atoms with Crippen molar-refractivity contribution in [1.29, 1.82) is 0 Å². The van der Waals surface area contributed by atoms with Gasteiger partial charge in [-0.25, -0.2) is 4.79 Å². The van der Waals surface area contributed by atoms with E-state index in [2.05, 4.69) is 0 Å². The number of hydrogen-bond acceptors (Lipinski definition) is 3. The topological polar surface area (TPSA) is 46.5 Å². The highest BCUT2D eigenvalue weighted by atomic mass is 16.5. The molecule has 0 radical (unpaired) electrons. The summed E-state index contributed by atoms with van der Waals surface area (Å²) in [5.41, 5.74) is 1.92. The number of carbonyl (C=O) groups is 1. The van der Waals surface area contributed by atoms with Gasteiger partial charge in [-0.05, 0) is 42.7 Å². The molecule has 16 heavy (non-hydrogen) atoms. The van der Waals surface area contributed by atoms with Gasteiger partial charge in [0.25, 0.3) is 0 Å². The van der Waals surface area contributed by atoms with Gasteiger partial charge in [0.2, 0.25) is 0 Å². The fourth-order valence-corrected chi connectivity index (χ4v) is 1.41. The minimum atomic E-state index is -0.349. The predicted octanol–water partition coefficient (Wildman–Crippen LogP) is 2.53. The van der Waals surface area contributed by atoms with E-state index in [4.69, 9.17) is 4.74 Å². The minimum Gasteiger partial charge on any atom is -0.508 e. The first-order chi connectivity index (χ1) is 7.67. The van der Waals surface area contributed by atoms with E-state index in [1.54, 1.807) is 31.2 Å². The van der Waals surface area contributed by atoms with Crippen LogP contribution in [0.2, 0.25) is 0 Å². The third-order valence-electron chi connectivity index (χ3n) is 2.19. The van der Waals surface area contributed by atoms with Crippen LogP contribution in [0.3, 0.4) is 0 Å². The van der Waals surface area contributed by atoms with Crippen LogP contribution in [-0.2, 0) is 16.0 Å². The van der Waals surface area contributed by atoms with Gasteiger partial charge in [0.1, 0.15) is 5.75 Å². The summed E-state index contributed by atoms with van der Waals surface area (Å²) in [5.74, 6) is -0.109. The van der Waals surface area contributed by atoms with Crippen LogP contribution >= 0.6 is 0 Å². The van der Waals surface area contributed by atoms with Gasteiger partial charge >= 0.3 is 5.97 Å². The average Bonchev–Trinajstić information content (AvgIpc) is 2.27. The van der Waals surface area contributed by atoms with Crippen LogP contribution in [0.15, 0.2) is 24.3 Å². The Morgan fingerprint density at radius 1 is 1.44 bits per heavy atom. The van der Waals surface area contributed by atoms with E-state index in [9.17, 15) is 9.90 Å². The molecular formula is C13H16O3. The Bertz CT molecular complexity index is 394. The van der Waals surface area contributed by atoms with Gasteiger partial charge in [0.15, 0.2) is 0 Å². The SMILES string of the molecule is CCOC(=O)/C=C/c1ccc(O)cc1CC. The van der Waals surface area contributed by atoms with Crippen molar-refractivity contribution in [3.8, 4) is 5.75 Å². The molecule has 86 valence electrons. The lowest BCUT2D eigenvalue weighted by atomic mass is 10.0. The Hall–Kier alpha value is -1.77. The zero-order valence-corrected chi connectivity index (χ0v) is 9.56. The molecule has 0 amide bonds. The fourth-order valence-electron chi connectivity index (χ4n) is 1.41. The molecular weight excluding hydrogens is 204 g/mol. The molecule has 0 saturated carbocycles. The van der Waals surface area contributed by atoms with Crippen molar-refractivity contribution in [2.45, 2.75) is 20.3 Å². The third-order valence-corrected chi connectivity index (χ3v) is 2.19. The number of aryl methyl sites for hydroxylation is 1. The largest absolute Gasteiger partial charge is 0.508 e. The third kappa shape index (κ3) is 3.42. The van der Waals surface area contributed by atoms with Gasteiger partial charge in [0.05, 0.1) is 6.61 Å². The molecule has 0 aliphatic heterocycles. The van der Waals surface area contributed by atoms with Gasteiger partial charge in [0, 0.05) is 6.08 Å². The van der Waals surface area contributed by atoms with Crippen LogP contribution < -0.4 is 0 Å². The smallest absolute Gasteiger partial charge is 0.330 e. The maximum atomic E-state index is 11.1. The molecule has 0 aromatic heterocycles. The van der Waals surface area contributed by atoms with E-state index in [1.807, 2.05) is 6.92 Å². The monoisotopic (exact) mass is 220 g/mol. The molecule has 0 saturated heterocycles. The molecule has 0 aliphatic rings. The zero-order valence-electron chi connectivity index (χ0n) is 9.56. The zero-order chi connectivity index (χ0) is 12.0. The Kier molecular flexibility index (Phi) is 4.58. The van der Waals surface area contributed by atoms with Crippen molar-refractivity contribution in [2.75, 3.05) is 6.61 Å². The molecule has 3 nitrogen and oxygen atoms in total. The summed E-state index contributed by atoms with van der Waals surface area (Å²) in [6, 6.07) is 5.08. The van der Waals surface area contributed by atoms with Crippen LogP contribution in [0, 0.1) is 0 Å². The number of hydrogen-bond donors (Lipinski definition) is 1. The molecule has 0 aliphatic carbocycles. The van der Waals surface area contributed by atoms with Crippen molar-refractivity contribution in [2.24, 2.45) is 0 Å². The Morgan fingerprint density at radius 3 is 2.81 bits per heavy atom. The molecule has 1 N–H and O–H groups in total. The second-order valence-electron chi connectivity index (χ2n) is 3.32. The van der Waals surface area contributed by atoms with Crippen LogP contribution in [0.4, 0.5) is 0 Å². The first-order valence-electron chi connectivity index (χ1n) is 5.34. The van der Waals surface area contributed by atoms with Gasteiger partial charge in [-0.3, -0.25) is 0 Å². The number of aromatic hydroxyl groups is 1. The first kappa shape index (κ1) is 12.3. The summed E-state index contributed by atoms with van der Waals surface area (Å²) >= 11 is 0. The Labute approximate surface area is 95.4 Å². The quantitative estimate of drug-likeness (QED) is 0.626. The molecule has 0 atom stereocenters. The predicted molar refractivity (Wildman–Crippen MR) is 63.2 cm³/mol. The normalized spacial score (nSPS) is 10.6. The van der Waals surface area contributed by atoms with Crippen molar-refractivity contribution < 1.29 is 14.6 Å². The van der Waals surface area contributed by atoms with Gasteiger partial charge < -0.3 is 9.84 Å². The lowest BCUT2D eigenvalue weighted by Crippen LogP contribution is -1.98. The number of carbonyl (C=O) groups excluding carboxylic acids is 1. The number of phenols is 1. The average molecular weight is 220 g/mol. The maximum absolute atomic E-state index is 11.1. The molecule has 1 rings (SSSR count). The van der Waals surface area contributed by atoms with Crippen LogP contribution in [0.1, 0.15) is 25.0 Å². The fraction of sp³-hybridized carbons (Fsp3) is 0.308. The lowest BCUT2D eigenvalue weighted by molar-refractivity contribution is -0.137. The highest BCUT2D eigenvalue weighted by Crippen LogP contribution is 2.18. The second-order valence-corrected chi connectivity index (χ2v) is 3.32. The Morgan fingerprint density at radius 2 is 2.19 bits per heavy atom. The highest BCUT2D eigenvalue weighted by molar-refractivity contribution is 5.87. The summed E-state index contributed by atoms with van der Waals surface area (Å²) in [6.45, 7) is 4.14. The number of phenolic OH excluding ortho intramolecular Hbond substituents is 1. The summed E-state index contributed by atoms with van der Waals surface area (Å²) in [4.78, 5) is 11.1. The first-order valence-corrected chi connectivity index (χ1v) is 5.34. The minimum absolute atomic E-state index is 0.241. The molecule has 0 fully saturated rings. The molecule has 3 heteroatoms. The molecule has 0 spiro atoms. The molecule has 1 aromatic rings. The van der Waals surface area contributed by atoms with E-state index in [-0.39, 0.29) is 11.7 Å². The Balaban J connectivity index is 2.84. The van der Waals surface area contributed by atoms with Crippen molar-refractivity contribution in [3.63, 3.8) is 0 Å². The van der Waals surface area contributed by atoms with Crippen molar-refractivity contribution >= 4 is 12.0 Å². The van der Waals surface area contributed by atoms with E-state index >= 15 is 0 Å². The van der Waals surface area contributed by atoms with Crippen LogP contribution in [0.25, 0.3) is 6.08 Å². The number of rotatable bonds is 4. The summed E-state index contributed by atoms with van der Waals surface area (Å²) in [5, 5.41) is 9.31. The van der Waals surface area contributed by atoms with E-state index < -0.39 is 0 Å². The van der Waals surface area contributed by atoms with Gasteiger partial charge in [-0.2, -0.15) is 0 Å². The summed E-state index contributed by atoms with van der Waals surface area (Å²) in [6.07, 6.45) is 3.90.